The number of rotatable bonds is 8. The Morgan fingerprint density at radius 1 is 1.30 bits per heavy atom. The molecule has 1 N–H and O–H groups in total. The van der Waals surface area contributed by atoms with Crippen LogP contribution in [0.5, 0.6) is 5.75 Å². The molecule has 20 heavy (non-hydrogen) atoms. The first-order chi connectivity index (χ1) is 9.55. The van der Waals surface area contributed by atoms with Crippen molar-refractivity contribution in [2.24, 2.45) is 0 Å². The molecule has 0 aliphatic carbocycles. The summed E-state index contributed by atoms with van der Waals surface area (Å²) in [6.45, 7) is 7.96. The van der Waals surface area contributed by atoms with Gasteiger partial charge in [-0.3, -0.25) is 4.90 Å². The quantitative estimate of drug-likeness (QED) is 0.740. The first-order valence-corrected chi connectivity index (χ1v) is 7.03. The van der Waals surface area contributed by atoms with Gasteiger partial charge in [0, 0.05) is 6.54 Å². The van der Waals surface area contributed by atoms with E-state index in [-0.39, 0.29) is 6.61 Å². The molecule has 0 saturated carbocycles. The molecule has 1 aromatic rings. The molecule has 0 radical (unpaired) electrons. The molecule has 0 saturated heterocycles. The Morgan fingerprint density at radius 3 is 2.50 bits per heavy atom. The summed E-state index contributed by atoms with van der Waals surface area (Å²) in [4.78, 5) is 1.94. The van der Waals surface area contributed by atoms with E-state index in [9.17, 15) is 5.11 Å². The van der Waals surface area contributed by atoms with E-state index < -0.39 is 6.10 Å². The van der Waals surface area contributed by atoms with Crippen molar-refractivity contribution >= 4 is 0 Å². The molecule has 0 bridgehead atoms. The number of aliphatic hydroxyl groups excluding tert-OH is 1. The lowest BCUT2D eigenvalue weighted by molar-refractivity contribution is 0.0724. The van der Waals surface area contributed by atoms with Crippen molar-refractivity contribution in [2.75, 3.05) is 26.2 Å². The highest BCUT2D eigenvalue weighted by Gasteiger charge is 2.11. The van der Waals surface area contributed by atoms with E-state index in [4.69, 9.17) is 10.00 Å². The topological polar surface area (TPSA) is 56.5 Å². The van der Waals surface area contributed by atoms with Gasteiger partial charge in [-0.2, -0.15) is 5.26 Å². The molecule has 1 aromatic carbocycles. The first-order valence-electron chi connectivity index (χ1n) is 7.03. The van der Waals surface area contributed by atoms with Crippen molar-refractivity contribution in [3.05, 3.63) is 29.3 Å². The molecule has 0 fully saturated rings. The number of hydrogen-bond donors (Lipinski definition) is 1. The Morgan fingerprint density at radius 2 is 1.95 bits per heavy atom. The molecule has 110 valence electrons. The number of ether oxygens (including phenoxy) is 1. The monoisotopic (exact) mass is 276 g/mol. The summed E-state index contributed by atoms with van der Waals surface area (Å²) in [6, 6.07) is 8.12. The molecule has 4 heteroatoms. The molecule has 4 nitrogen and oxygen atoms in total. The van der Waals surface area contributed by atoms with Gasteiger partial charge in [0.2, 0.25) is 0 Å². The van der Waals surface area contributed by atoms with Gasteiger partial charge in [0.15, 0.2) is 0 Å². The van der Waals surface area contributed by atoms with Gasteiger partial charge in [-0.25, -0.2) is 0 Å². The molecule has 0 heterocycles. The van der Waals surface area contributed by atoms with Crippen molar-refractivity contribution in [1.29, 1.82) is 5.26 Å². The molecule has 1 atom stereocenters. The van der Waals surface area contributed by atoms with Gasteiger partial charge in [-0.15, -0.1) is 0 Å². The molecular formula is C16H24N2O2. The molecule has 1 rings (SSSR count). The molecule has 0 aliphatic rings. The van der Waals surface area contributed by atoms with E-state index in [1.807, 2.05) is 30.9 Å². The van der Waals surface area contributed by atoms with E-state index >= 15 is 0 Å². The van der Waals surface area contributed by atoms with Gasteiger partial charge < -0.3 is 9.84 Å². The molecule has 0 aliphatic heterocycles. The Kier molecular flexibility index (Phi) is 7.06. The van der Waals surface area contributed by atoms with Crippen molar-refractivity contribution in [1.82, 2.24) is 4.90 Å². The Bertz CT molecular complexity index is 434. The minimum Gasteiger partial charge on any atom is -0.491 e. The summed E-state index contributed by atoms with van der Waals surface area (Å²) in [5.41, 5.74) is 2.29. The van der Waals surface area contributed by atoms with Crippen LogP contribution in [0.15, 0.2) is 18.2 Å². The van der Waals surface area contributed by atoms with Crippen LogP contribution < -0.4 is 4.74 Å². The standard InChI is InChI=1S/C16H24N2O2/c1-4-6-18(7-5-17)11-15(19)12-20-16-9-13(2)8-14(3)10-16/h8-10,15,19H,4,6-7,11-12H2,1-3H3. The maximum atomic E-state index is 10.00. The third-order valence-electron chi connectivity index (χ3n) is 2.94. The highest BCUT2D eigenvalue weighted by atomic mass is 16.5. The minimum atomic E-state index is -0.587. The number of nitrogens with zero attached hydrogens (tertiary/aromatic N) is 2. The number of aryl methyl sites for hydroxylation is 2. The van der Waals surface area contributed by atoms with Crippen molar-refractivity contribution in [3.8, 4) is 11.8 Å². The summed E-state index contributed by atoms with van der Waals surface area (Å²) in [5, 5.41) is 18.7. The number of aliphatic hydroxyl groups is 1. The molecule has 0 aromatic heterocycles. The van der Waals surface area contributed by atoms with E-state index in [1.54, 1.807) is 0 Å². The van der Waals surface area contributed by atoms with Crippen LogP contribution in [0.3, 0.4) is 0 Å². The van der Waals surface area contributed by atoms with Gasteiger partial charge >= 0.3 is 0 Å². The van der Waals surface area contributed by atoms with Gasteiger partial charge in [-0.1, -0.05) is 13.0 Å². The SMILES string of the molecule is CCCN(CC#N)CC(O)COc1cc(C)cc(C)c1. The maximum Gasteiger partial charge on any atom is 0.119 e. The van der Waals surface area contributed by atoms with Gasteiger partial charge in [-0.05, 0) is 50.1 Å². The summed E-state index contributed by atoms with van der Waals surface area (Å²) in [7, 11) is 0. The molecule has 1 unspecified atom stereocenters. The van der Waals surface area contributed by atoms with E-state index in [2.05, 4.69) is 19.1 Å². The van der Waals surface area contributed by atoms with Crippen LogP contribution >= 0.6 is 0 Å². The van der Waals surface area contributed by atoms with Crippen LogP contribution in [-0.4, -0.2) is 42.4 Å². The predicted molar refractivity (Wildman–Crippen MR) is 79.8 cm³/mol. The third-order valence-corrected chi connectivity index (χ3v) is 2.94. The van der Waals surface area contributed by atoms with Gasteiger partial charge in [0.25, 0.3) is 0 Å². The van der Waals surface area contributed by atoms with Gasteiger partial charge in [0.1, 0.15) is 18.5 Å². The molecule has 0 spiro atoms. The van der Waals surface area contributed by atoms with Gasteiger partial charge in [0.05, 0.1) is 12.6 Å². The largest absolute Gasteiger partial charge is 0.491 e. The maximum absolute atomic E-state index is 10.00. The Labute approximate surface area is 121 Å². The fraction of sp³-hybridized carbons (Fsp3) is 0.562. The third kappa shape index (κ3) is 6.05. The van der Waals surface area contributed by atoms with Crippen molar-refractivity contribution < 1.29 is 9.84 Å². The predicted octanol–water partition coefficient (Wildman–Crippen LogP) is 2.28. The number of benzene rings is 1. The highest BCUT2D eigenvalue weighted by Crippen LogP contribution is 2.16. The summed E-state index contributed by atoms with van der Waals surface area (Å²) in [5.74, 6) is 0.781. The van der Waals surface area contributed by atoms with Crippen LogP contribution in [0.1, 0.15) is 24.5 Å². The highest BCUT2D eigenvalue weighted by molar-refractivity contribution is 5.32. The second kappa shape index (κ2) is 8.57. The van der Waals surface area contributed by atoms with E-state index in [0.717, 1.165) is 29.8 Å². The number of hydrogen-bond acceptors (Lipinski definition) is 4. The smallest absolute Gasteiger partial charge is 0.119 e. The Hall–Kier alpha value is -1.57. The second-order valence-corrected chi connectivity index (χ2v) is 5.18. The summed E-state index contributed by atoms with van der Waals surface area (Å²) >= 11 is 0. The van der Waals surface area contributed by atoms with Crippen molar-refractivity contribution in [2.45, 2.75) is 33.3 Å². The Balaban J connectivity index is 2.45. The lowest BCUT2D eigenvalue weighted by Gasteiger charge is -2.22. The molecular weight excluding hydrogens is 252 g/mol. The summed E-state index contributed by atoms with van der Waals surface area (Å²) in [6.07, 6.45) is 0.377. The van der Waals surface area contributed by atoms with E-state index in [0.29, 0.717) is 13.1 Å². The number of nitriles is 1. The normalized spacial score (nSPS) is 12.2. The zero-order chi connectivity index (χ0) is 15.0. The minimum absolute atomic E-state index is 0.245. The van der Waals surface area contributed by atoms with Crippen LogP contribution in [0, 0.1) is 25.2 Å². The lowest BCUT2D eigenvalue weighted by atomic mass is 10.1. The van der Waals surface area contributed by atoms with Crippen LogP contribution in [0.25, 0.3) is 0 Å². The second-order valence-electron chi connectivity index (χ2n) is 5.18. The fourth-order valence-electron chi connectivity index (χ4n) is 2.21. The zero-order valence-corrected chi connectivity index (χ0v) is 12.6. The zero-order valence-electron chi connectivity index (χ0n) is 12.6. The van der Waals surface area contributed by atoms with Crippen LogP contribution in [0.2, 0.25) is 0 Å². The first kappa shape index (κ1) is 16.5. The summed E-state index contributed by atoms with van der Waals surface area (Å²) < 4.78 is 5.63. The lowest BCUT2D eigenvalue weighted by Crippen LogP contribution is -2.36. The van der Waals surface area contributed by atoms with Crippen molar-refractivity contribution in [3.63, 3.8) is 0 Å². The average Bonchev–Trinajstić information content (AvgIpc) is 2.36. The van der Waals surface area contributed by atoms with Crippen LogP contribution in [0.4, 0.5) is 0 Å². The molecule has 0 amide bonds. The average molecular weight is 276 g/mol. The van der Waals surface area contributed by atoms with Crippen LogP contribution in [-0.2, 0) is 0 Å². The van der Waals surface area contributed by atoms with E-state index in [1.165, 1.54) is 0 Å². The fourth-order valence-corrected chi connectivity index (χ4v) is 2.21.